The Hall–Kier alpha value is -4.64. The average molecular weight is 478 g/mol. The van der Waals surface area contributed by atoms with Gasteiger partial charge in [-0.1, -0.05) is 0 Å². The van der Waals surface area contributed by atoms with Crippen molar-refractivity contribution in [3.05, 3.63) is 76.7 Å². The standard InChI is InChI=1S/C28H27N7O/c1-16-13-21(24-18(3)33-35(6)19(24)4)14-17(2)26(16)36-27-25-23(11-12-34(25)5)31-28(32-27)30-22-9-7-20(15-29)8-10-22/h7-14H,1-6H3,(H,30,31,32). The largest absolute Gasteiger partial charge is 0.436 e. The first-order valence-corrected chi connectivity index (χ1v) is 11.6. The lowest BCUT2D eigenvalue weighted by Crippen LogP contribution is -2.02. The van der Waals surface area contributed by atoms with Crippen LogP contribution in [0.5, 0.6) is 11.6 Å². The maximum atomic E-state index is 9.05. The molecule has 0 saturated heterocycles. The maximum absolute atomic E-state index is 9.05. The Morgan fingerprint density at radius 1 is 0.944 bits per heavy atom. The highest BCUT2D eigenvalue weighted by atomic mass is 16.5. The first-order chi connectivity index (χ1) is 17.2. The Morgan fingerprint density at radius 3 is 2.25 bits per heavy atom. The van der Waals surface area contributed by atoms with Crippen LogP contribution in [0, 0.1) is 39.0 Å². The van der Waals surface area contributed by atoms with Crippen LogP contribution in [0.4, 0.5) is 11.6 Å². The van der Waals surface area contributed by atoms with Crippen LogP contribution < -0.4 is 10.1 Å². The average Bonchev–Trinajstić information content (AvgIpc) is 3.34. The monoisotopic (exact) mass is 477 g/mol. The summed E-state index contributed by atoms with van der Waals surface area (Å²) in [5, 5.41) is 16.9. The van der Waals surface area contributed by atoms with Crippen molar-refractivity contribution in [2.24, 2.45) is 14.1 Å². The Bertz CT molecular complexity index is 1630. The van der Waals surface area contributed by atoms with Gasteiger partial charge >= 0.3 is 0 Å². The molecule has 3 heterocycles. The fourth-order valence-corrected chi connectivity index (χ4v) is 4.58. The number of rotatable bonds is 5. The predicted octanol–water partition coefficient (Wildman–Crippen LogP) is 6.01. The Balaban J connectivity index is 1.54. The zero-order valence-corrected chi connectivity index (χ0v) is 21.2. The second-order valence-corrected chi connectivity index (χ2v) is 9.04. The molecule has 0 aliphatic carbocycles. The number of aryl methyl sites for hydroxylation is 5. The van der Waals surface area contributed by atoms with Crippen LogP contribution in [0.3, 0.4) is 0 Å². The summed E-state index contributed by atoms with van der Waals surface area (Å²) in [5.41, 5.74) is 9.37. The molecule has 2 aromatic carbocycles. The molecule has 0 aliphatic heterocycles. The summed E-state index contributed by atoms with van der Waals surface area (Å²) in [6, 6.07) is 15.5. The molecule has 5 aromatic rings. The van der Waals surface area contributed by atoms with Crippen LogP contribution in [0.15, 0.2) is 48.7 Å². The molecule has 8 nitrogen and oxygen atoms in total. The molecule has 8 heteroatoms. The van der Waals surface area contributed by atoms with Gasteiger partial charge in [-0.2, -0.15) is 15.3 Å². The van der Waals surface area contributed by atoms with Gasteiger partial charge in [0.05, 0.1) is 22.8 Å². The summed E-state index contributed by atoms with van der Waals surface area (Å²) in [5.74, 6) is 1.65. The van der Waals surface area contributed by atoms with Crippen molar-refractivity contribution in [3.8, 4) is 28.8 Å². The Morgan fingerprint density at radius 2 is 1.64 bits per heavy atom. The van der Waals surface area contributed by atoms with Crippen LogP contribution in [0.25, 0.3) is 22.2 Å². The number of anilines is 2. The van der Waals surface area contributed by atoms with Crippen LogP contribution >= 0.6 is 0 Å². The van der Waals surface area contributed by atoms with E-state index in [9.17, 15) is 0 Å². The van der Waals surface area contributed by atoms with E-state index in [0.29, 0.717) is 17.4 Å². The fourth-order valence-electron chi connectivity index (χ4n) is 4.58. The summed E-state index contributed by atoms with van der Waals surface area (Å²) in [4.78, 5) is 9.38. The minimum atomic E-state index is 0.418. The molecular weight excluding hydrogens is 450 g/mol. The van der Waals surface area contributed by atoms with E-state index in [1.54, 1.807) is 12.1 Å². The van der Waals surface area contributed by atoms with Gasteiger partial charge in [-0.05, 0) is 86.8 Å². The zero-order valence-electron chi connectivity index (χ0n) is 21.2. The van der Waals surface area contributed by atoms with Crippen LogP contribution in [-0.4, -0.2) is 24.3 Å². The Kier molecular flexibility index (Phi) is 5.69. The fraction of sp³-hybridized carbons (Fsp3) is 0.214. The van der Waals surface area contributed by atoms with Crippen molar-refractivity contribution in [1.82, 2.24) is 24.3 Å². The minimum absolute atomic E-state index is 0.418. The molecule has 36 heavy (non-hydrogen) atoms. The van der Waals surface area contributed by atoms with Crippen molar-refractivity contribution < 1.29 is 4.74 Å². The number of nitrogens with zero attached hydrogens (tertiary/aromatic N) is 6. The normalized spacial score (nSPS) is 11.0. The highest BCUT2D eigenvalue weighted by molar-refractivity contribution is 5.83. The van der Waals surface area contributed by atoms with E-state index >= 15 is 0 Å². The second kappa shape index (κ2) is 8.86. The number of benzene rings is 2. The SMILES string of the molecule is Cc1cc(-c2c(C)nn(C)c2C)cc(C)c1Oc1nc(Nc2ccc(C#N)cc2)nc2ccn(C)c12. The van der Waals surface area contributed by atoms with E-state index in [1.807, 2.05) is 68.5 Å². The van der Waals surface area contributed by atoms with Crippen LogP contribution in [0.1, 0.15) is 28.1 Å². The molecule has 0 spiro atoms. The first-order valence-electron chi connectivity index (χ1n) is 11.6. The van der Waals surface area contributed by atoms with E-state index in [-0.39, 0.29) is 0 Å². The zero-order chi connectivity index (χ0) is 25.6. The molecule has 3 aromatic heterocycles. The number of nitrogens with one attached hydrogen (secondary N) is 1. The first kappa shape index (κ1) is 23.1. The summed E-state index contributed by atoms with van der Waals surface area (Å²) < 4.78 is 10.4. The molecule has 0 bridgehead atoms. The molecule has 0 aliphatic rings. The number of hydrogen-bond donors (Lipinski definition) is 1. The van der Waals surface area contributed by atoms with Crippen molar-refractivity contribution in [1.29, 1.82) is 5.26 Å². The van der Waals surface area contributed by atoms with Crippen LogP contribution in [-0.2, 0) is 14.1 Å². The van der Waals surface area contributed by atoms with E-state index in [1.165, 1.54) is 0 Å². The summed E-state index contributed by atoms with van der Waals surface area (Å²) in [6.07, 6.45) is 1.94. The van der Waals surface area contributed by atoms with E-state index in [0.717, 1.165) is 56.1 Å². The second-order valence-electron chi connectivity index (χ2n) is 9.04. The van der Waals surface area contributed by atoms with Crippen molar-refractivity contribution >= 4 is 22.7 Å². The van der Waals surface area contributed by atoms with Crippen molar-refractivity contribution in [3.63, 3.8) is 0 Å². The van der Waals surface area contributed by atoms with Gasteiger partial charge in [-0.3, -0.25) is 4.68 Å². The quantitative estimate of drug-likeness (QED) is 0.333. The topological polar surface area (TPSA) is 93.6 Å². The van der Waals surface area contributed by atoms with E-state index in [4.69, 9.17) is 15.0 Å². The maximum Gasteiger partial charge on any atom is 0.249 e. The number of fused-ring (bicyclic) bond motifs is 1. The number of ether oxygens (including phenoxy) is 1. The summed E-state index contributed by atoms with van der Waals surface area (Å²) in [6.45, 7) is 8.21. The summed E-state index contributed by atoms with van der Waals surface area (Å²) in [7, 11) is 3.91. The lowest BCUT2D eigenvalue weighted by molar-refractivity contribution is 0.459. The number of aromatic nitrogens is 5. The molecule has 0 saturated carbocycles. The van der Waals surface area contributed by atoms with Crippen molar-refractivity contribution in [2.75, 3.05) is 5.32 Å². The molecule has 5 rings (SSSR count). The van der Waals surface area contributed by atoms with Gasteiger partial charge in [-0.15, -0.1) is 0 Å². The van der Waals surface area contributed by atoms with Gasteiger partial charge in [0.1, 0.15) is 11.3 Å². The number of nitriles is 1. The smallest absolute Gasteiger partial charge is 0.249 e. The van der Waals surface area contributed by atoms with Gasteiger partial charge in [0.2, 0.25) is 11.8 Å². The molecule has 0 fully saturated rings. The van der Waals surface area contributed by atoms with Gasteiger partial charge in [0, 0.05) is 37.2 Å². The third-order valence-electron chi connectivity index (χ3n) is 6.41. The molecule has 180 valence electrons. The molecule has 0 atom stereocenters. The lowest BCUT2D eigenvalue weighted by atomic mass is 9.98. The van der Waals surface area contributed by atoms with Gasteiger partial charge in [0.15, 0.2) is 0 Å². The highest BCUT2D eigenvalue weighted by Crippen LogP contribution is 2.37. The van der Waals surface area contributed by atoms with Gasteiger partial charge < -0.3 is 14.6 Å². The van der Waals surface area contributed by atoms with Crippen molar-refractivity contribution in [2.45, 2.75) is 27.7 Å². The molecule has 0 unspecified atom stereocenters. The highest BCUT2D eigenvalue weighted by Gasteiger charge is 2.18. The number of hydrogen-bond acceptors (Lipinski definition) is 6. The van der Waals surface area contributed by atoms with Gasteiger partial charge in [0.25, 0.3) is 0 Å². The molecule has 0 amide bonds. The third kappa shape index (κ3) is 4.05. The molecular formula is C28H27N7O. The molecule has 1 N–H and O–H groups in total. The van der Waals surface area contributed by atoms with E-state index in [2.05, 4.69) is 40.5 Å². The van der Waals surface area contributed by atoms with Crippen LogP contribution in [0.2, 0.25) is 0 Å². The predicted molar refractivity (Wildman–Crippen MR) is 141 cm³/mol. The van der Waals surface area contributed by atoms with Gasteiger partial charge in [-0.25, -0.2) is 4.98 Å². The molecule has 0 radical (unpaired) electrons. The van der Waals surface area contributed by atoms with E-state index < -0.39 is 0 Å². The lowest BCUT2D eigenvalue weighted by Gasteiger charge is -2.16. The Labute approximate surface area is 209 Å². The third-order valence-corrected chi connectivity index (χ3v) is 6.41. The summed E-state index contributed by atoms with van der Waals surface area (Å²) >= 11 is 0. The minimum Gasteiger partial charge on any atom is -0.436 e.